The molecule has 0 bridgehead atoms. The summed E-state index contributed by atoms with van der Waals surface area (Å²) < 4.78 is 2.85. The van der Waals surface area contributed by atoms with Crippen LogP contribution < -0.4 is 10.6 Å². The number of amides is 2. The minimum absolute atomic E-state index is 0.133. The lowest BCUT2D eigenvalue weighted by atomic mass is 10.2. The van der Waals surface area contributed by atoms with Gasteiger partial charge in [0.25, 0.3) is 5.91 Å². The van der Waals surface area contributed by atoms with Crippen molar-refractivity contribution in [3.63, 3.8) is 0 Å². The van der Waals surface area contributed by atoms with Crippen LogP contribution in [0.3, 0.4) is 0 Å². The van der Waals surface area contributed by atoms with E-state index in [4.69, 9.17) is 23.2 Å². The molecule has 0 aliphatic rings. The Kier molecular flexibility index (Phi) is 8.20. The van der Waals surface area contributed by atoms with Crippen LogP contribution in [0, 0.1) is 10.5 Å². The molecular weight excluding hydrogens is 572 g/mol. The average Bonchev–Trinajstić information content (AvgIpc) is 3.08. The second-order valence-corrected chi connectivity index (χ2v) is 9.57. The Labute approximate surface area is 207 Å². The number of thioether (sulfide) groups is 1. The third-order valence-corrected chi connectivity index (χ3v) is 6.74. The molecule has 0 radical (unpaired) electrons. The van der Waals surface area contributed by atoms with Gasteiger partial charge in [-0.05, 0) is 71.5 Å². The summed E-state index contributed by atoms with van der Waals surface area (Å²) in [4.78, 5) is 24.6. The fourth-order valence-electron chi connectivity index (χ4n) is 2.61. The molecule has 2 aromatic carbocycles. The zero-order chi connectivity index (χ0) is 22.5. The summed E-state index contributed by atoms with van der Waals surface area (Å²) in [5.41, 5.74) is 2.19. The quantitative estimate of drug-likeness (QED) is 0.308. The summed E-state index contributed by atoms with van der Waals surface area (Å²) in [6.45, 7) is 2.13. The van der Waals surface area contributed by atoms with Crippen molar-refractivity contribution < 1.29 is 9.59 Å². The molecule has 0 aliphatic heterocycles. The van der Waals surface area contributed by atoms with Gasteiger partial charge in [0.05, 0.1) is 22.3 Å². The average molecular weight is 590 g/mol. The molecular formula is C20H18Cl2IN5O2S. The molecule has 0 saturated carbocycles. The molecule has 2 N–H and O–H groups in total. The summed E-state index contributed by atoms with van der Waals surface area (Å²) in [6.07, 6.45) is 0. The summed E-state index contributed by atoms with van der Waals surface area (Å²) in [5, 5.41) is 15.1. The number of anilines is 1. The van der Waals surface area contributed by atoms with Crippen LogP contribution in [0.25, 0.3) is 0 Å². The fourth-order valence-corrected chi connectivity index (χ4v) is 4.28. The van der Waals surface area contributed by atoms with Crippen molar-refractivity contribution in [2.75, 3.05) is 11.1 Å². The van der Waals surface area contributed by atoms with Gasteiger partial charge in [0.15, 0.2) is 11.0 Å². The molecule has 162 valence electrons. The third-order valence-electron chi connectivity index (χ3n) is 4.31. The topological polar surface area (TPSA) is 88.9 Å². The Bertz CT molecular complexity index is 1140. The normalized spacial score (nSPS) is 10.7. The molecule has 0 fully saturated rings. The van der Waals surface area contributed by atoms with Crippen LogP contribution in [-0.4, -0.2) is 32.3 Å². The Morgan fingerprint density at radius 2 is 1.90 bits per heavy atom. The SMILES string of the molecule is Cc1cc(I)ccc1NC(=O)CSc1nnc(CNC(=O)c2ccc(Cl)c(Cl)c2)n1C. The fraction of sp³-hybridized carbons (Fsp3) is 0.200. The van der Waals surface area contributed by atoms with Crippen LogP contribution in [0.5, 0.6) is 0 Å². The highest BCUT2D eigenvalue weighted by molar-refractivity contribution is 14.1. The number of halogens is 3. The van der Waals surface area contributed by atoms with Gasteiger partial charge in [0.2, 0.25) is 5.91 Å². The van der Waals surface area contributed by atoms with Crippen molar-refractivity contribution in [3.8, 4) is 0 Å². The standard InChI is InChI=1S/C20H18Cl2IN5O2S/c1-11-7-13(23)4-6-16(11)25-18(29)10-31-20-27-26-17(28(20)2)9-24-19(30)12-3-5-14(21)15(22)8-12/h3-8H,9-10H2,1-2H3,(H,24,30)(H,25,29). The first kappa shape index (κ1) is 23.8. The molecule has 1 heterocycles. The molecule has 3 aromatic rings. The van der Waals surface area contributed by atoms with E-state index >= 15 is 0 Å². The van der Waals surface area contributed by atoms with E-state index in [1.807, 2.05) is 25.1 Å². The maximum atomic E-state index is 12.3. The highest BCUT2D eigenvalue weighted by Crippen LogP contribution is 2.23. The summed E-state index contributed by atoms with van der Waals surface area (Å²) in [7, 11) is 1.78. The molecule has 0 aliphatic carbocycles. The Morgan fingerprint density at radius 1 is 1.13 bits per heavy atom. The van der Waals surface area contributed by atoms with Gasteiger partial charge in [0.1, 0.15) is 0 Å². The molecule has 7 nitrogen and oxygen atoms in total. The minimum atomic E-state index is -0.303. The van der Waals surface area contributed by atoms with Crippen LogP contribution in [-0.2, 0) is 18.4 Å². The van der Waals surface area contributed by atoms with Gasteiger partial charge in [-0.1, -0.05) is 35.0 Å². The minimum Gasteiger partial charge on any atom is -0.345 e. The molecule has 2 amide bonds. The van der Waals surface area contributed by atoms with Crippen LogP contribution in [0.4, 0.5) is 5.69 Å². The van der Waals surface area contributed by atoms with Crippen molar-refractivity contribution in [2.24, 2.45) is 7.05 Å². The zero-order valence-corrected chi connectivity index (χ0v) is 21.1. The van der Waals surface area contributed by atoms with Crippen LogP contribution in [0.1, 0.15) is 21.7 Å². The first-order chi connectivity index (χ1) is 14.7. The number of nitrogens with one attached hydrogen (secondary N) is 2. The number of benzene rings is 2. The molecule has 0 unspecified atom stereocenters. The number of hydrogen-bond donors (Lipinski definition) is 2. The maximum absolute atomic E-state index is 12.3. The Balaban J connectivity index is 1.54. The Morgan fingerprint density at radius 3 is 2.61 bits per heavy atom. The van der Waals surface area contributed by atoms with E-state index in [1.54, 1.807) is 23.7 Å². The second kappa shape index (κ2) is 10.7. The number of carbonyl (C=O) groups excluding carboxylic acids is 2. The van der Waals surface area contributed by atoms with E-state index in [0.717, 1.165) is 14.8 Å². The second-order valence-electron chi connectivity index (χ2n) is 6.57. The first-order valence-corrected chi connectivity index (χ1v) is 11.9. The van der Waals surface area contributed by atoms with Gasteiger partial charge in [-0.25, -0.2) is 0 Å². The lowest BCUT2D eigenvalue weighted by Crippen LogP contribution is -2.24. The number of carbonyl (C=O) groups is 2. The smallest absolute Gasteiger partial charge is 0.251 e. The van der Waals surface area contributed by atoms with Crippen molar-refractivity contribution >= 4 is 75.1 Å². The predicted molar refractivity (Wildman–Crippen MR) is 132 cm³/mol. The summed E-state index contributed by atoms with van der Waals surface area (Å²) in [5.74, 6) is 0.312. The number of nitrogens with zero attached hydrogens (tertiary/aromatic N) is 3. The summed E-state index contributed by atoms with van der Waals surface area (Å²) in [6, 6.07) is 10.5. The number of aryl methyl sites for hydroxylation is 1. The molecule has 3 rings (SSSR count). The first-order valence-electron chi connectivity index (χ1n) is 9.05. The van der Waals surface area contributed by atoms with Crippen molar-refractivity contribution in [1.82, 2.24) is 20.1 Å². The highest BCUT2D eigenvalue weighted by atomic mass is 127. The molecule has 1 aromatic heterocycles. The van der Waals surface area contributed by atoms with Crippen molar-refractivity contribution in [3.05, 3.63) is 67.0 Å². The van der Waals surface area contributed by atoms with E-state index in [1.165, 1.54) is 17.8 Å². The number of hydrogen-bond acceptors (Lipinski definition) is 5. The number of rotatable bonds is 7. The lowest BCUT2D eigenvalue weighted by molar-refractivity contribution is -0.113. The van der Waals surface area contributed by atoms with E-state index in [-0.39, 0.29) is 24.1 Å². The molecule has 31 heavy (non-hydrogen) atoms. The van der Waals surface area contributed by atoms with Gasteiger partial charge in [-0.2, -0.15) is 0 Å². The maximum Gasteiger partial charge on any atom is 0.251 e. The van der Waals surface area contributed by atoms with Crippen molar-refractivity contribution in [2.45, 2.75) is 18.6 Å². The molecule has 11 heteroatoms. The van der Waals surface area contributed by atoms with Gasteiger partial charge in [0, 0.05) is 21.9 Å². The third kappa shape index (κ3) is 6.34. The zero-order valence-electron chi connectivity index (χ0n) is 16.6. The van der Waals surface area contributed by atoms with Crippen molar-refractivity contribution in [1.29, 1.82) is 0 Å². The summed E-state index contributed by atoms with van der Waals surface area (Å²) >= 11 is 15.3. The van der Waals surface area contributed by atoms with Gasteiger partial charge in [-0.3, -0.25) is 9.59 Å². The highest BCUT2D eigenvalue weighted by Gasteiger charge is 2.14. The van der Waals surface area contributed by atoms with E-state index in [0.29, 0.717) is 26.6 Å². The molecule has 0 saturated heterocycles. The van der Waals surface area contributed by atoms with Gasteiger partial charge >= 0.3 is 0 Å². The molecule has 0 spiro atoms. The van der Waals surface area contributed by atoms with Gasteiger partial charge in [-0.15, -0.1) is 10.2 Å². The largest absolute Gasteiger partial charge is 0.345 e. The molecule has 0 atom stereocenters. The Hall–Kier alpha value is -1.82. The predicted octanol–water partition coefficient (Wildman–Crippen LogP) is 4.70. The van der Waals surface area contributed by atoms with E-state index < -0.39 is 0 Å². The van der Waals surface area contributed by atoms with Crippen LogP contribution in [0.2, 0.25) is 10.0 Å². The van der Waals surface area contributed by atoms with E-state index in [2.05, 4.69) is 43.4 Å². The van der Waals surface area contributed by atoms with E-state index in [9.17, 15) is 9.59 Å². The monoisotopic (exact) mass is 589 g/mol. The van der Waals surface area contributed by atoms with Gasteiger partial charge < -0.3 is 15.2 Å². The number of aromatic nitrogens is 3. The van der Waals surface area contributed by atoms with Crippen LogP contribution in [0.15, 0.2) is 41.6 Å². The van der Waals surface area contributed by atoms with Crippen LogP contribution >= 0.6 is 57.6 Å². The lowest BCUT2D eigenvalue weighted by Gasteiger charge is -2.09.